The number of nitrogens with zero attached hydrogens (tertiary/aromatic N) is 1. The van der Waals surface area contributed by atoms with Gasteiger partial charge in [-0.1, -0.05) is 60.7 Å². The van der Waals surface area contributed by atoms with Crippen molar-refractivity contribution in [3.05, 3.63) is 89.5 Å². The maximum absolute atomic E-state index is 13.8. The van der Waals surface area contributed by atoms with E-state index < -0.39 is 11.6 Å². The summed E-state index contributed by atoms with van der Waals surface area (Å²) in [4.78, 5) is 3.81. The fourth-order valence-corrected chi connectivity index (χ4v) is 2.09. The third-order valence-electron chi connectivity index (χ3n) is 3.30. The van der Waals surface area contributed by atoms with Gasteiger partial charge < -0.3 is 9.47 Å². The summed E-state index contributed by atoms with van der Waals surface area (Å²) in [7, 11) is 0. The molecule has 0 aliphatic carbocycles. The van der Waals surface area contributed by atoms with Crippen LogP contribution in [0.25, 0.3) is 0 Å². The third-order valence-corrected chi connectivity index (χ3v) is 3.30. The molecule has 3 aromatic rings. The molecule has 122 valence electrons. The van der Waals surface area contributed by atoms with Gasteiger partial charge in [0.05, 0.1) is 0 Å². The van der Waals surface area contributed by atoms with E-state index in [1.165, 1.54) is 0 Å². The number of hydrogen-bond donors (Lipinski definition) is 0. The lowest BCUT2D eigenvalue weighted by atomic mass is 10.2. The molecule has 5 heteroatoms. The van der Waals surface area contributed by atoms with Crippen molar-refractivity contribution in [2.45, 2.75) is 13.2 Å². The molecule has 0 bridgehead atoms. The van der Waals surface area contributed by atoms with Gasteiger partial charge in [-0.15, -0.1) is 0 Å². The van der Waals surface area contributed by atoms with Crippen LogP contribution in [-0.2, 0) is 13.2 Å². The van der Waals surface area contributed by atoms with Crippen LogP contribution in [0.5, 0.6) is 11.8 Å². The van der Waals surface area contributed by atoms with Crippen LogP contribution in [0.15, 0.2) is 66.7 Å². The van der Waals surface area contributed by atoms with E-state index in [1.54, 1.807) is 0 Å². The largest absolute Gasteiger partial charge is 0.471 e. The molecule has 0 unspecified atom stereocenters. The fourth-order valence-electron chi connectivity index (χ4n) is 2.09. The van der Waals surface area contributed by atoms with Crippen molar-refractivity contribution in [2.24, 2.45) is 0 Å². The molecule has 2 aromatic carbocycles. The minimum atomic E-state index is -0.865. The van der Waals surface area contributed by atoms with Gasteiger partial charge in [0, 0.05) is 6.07 Å². The molecule has 0 atom stereocenters. The summed E-state index contributed by atoms with van der Waals surface area (Å²) in [5, 5.41) is 0. The molecule has 0 amide bonds. The molecule has 0 fully saturated rings. The summed E-state index contributed by atoms with van der Waals surface area (Å²) >= 11 is 0. The van der Waals surface area contributed by atoms with Crippen molar-refractivity contribution in [3.63, 3.8) is 0 Å². The number of hydrogen-bond acceptors (Lipinski definition) is 3. The maximum Gasteiger partial charge on any atom is 0.254 e. The van der Waals surface area contributed by atoms with Crippen molar-refractivity contribution < 1.29 is 18.3 Å². The molecule has 24 heavy (non-hydrogen) atoms. The van der Waals surface area contributed by atoms with Gasteiger partial charge in [-0.05, 0) is 11.1 Å². The van der Waals surface area contributed by atoms with E-state index in [0.717, 1.165) is 11.1 Å². The van der Waals surface area contributed by atoms with Crippen molar-refractivity contribution in [1.29, 1.82) is 0 Å². The number of rotatable bonds is 6. The maximum atomic E-state index is 13.8. The molecule has 0 aliphatic heterocycles. The summed E-state index contributed by atoms with van der Waals surface area (Å²) in [6, 6.07) is 19.2. The fraction of sp³-hybridized carbons (Fsp3) is 0.105. The molecule has 1 heterocycles. The minimum absolute atomic E-state index is 0.133. The first kappa shape index (κ1) is 15.9. The first-order valence-corrected chi connectivity index (χ1v) is 7.42. The van der Waals surface area contributed by atoms with E-state index in [9.17, 15) is 8.78 Å². The van der Waals surface area contributed by atoms with Crippen LogP contribution in [-0.4, -0.2) is 4.98 Å². The standard InChI is InChI=1S/C19H15F2NO2/c20-16-11-17(21)19(24-13-15-9-5-2-6-10-15)22-18(16)23-12-14-7-3-1-4-8-14/h1-11H,12-13H2. The van der Waals surface area contributed by atoms with Gasteiger partial charge in [-0.2, -0.15) is 4.98 Å². The lowest BCUT2D eigenvalue weighted by Crippen LogP contribution is -2.04. The summed E-state index contributed by atoms with van der Waals surface area (Å²) in [5.74, 6) is -2.31. The van der Waals surface area contributed by atoms with E-state index in [4.69, 9.17) is 9.47 Å². The molecule has 3 rings (SSSR count). The minimum Gasteiger partial charge on any atom is -0.471 e. The van der Waals surface area contributed by atoms with Crippen LogP contribution in [0.3, 0.4) is 0 Å². The molecule has 0 saturated heterocycles. The Balaban J connectivity index is 1.71. The molecule has 0 saturated carbocycles. The van der Waals surface area contributed by atoms with Crippen LogP contribution in [0.4, 0.5) is 8.78 Å². The molecule has 0 spiro atoms. The third kappa shape index (κ3) is 4.07. The highest BCUT2D eigenvalue weighted by Crippen LogP contribution is 2.24. The molecular formula is C19H15F2NO2. The van der Waals surface area contributed by atoms with E-state index in [1.807, 2.05) is 60.7 Å². The summed E-state index contributed by atoms with van der Waals surface area (Å²) in [5.41, 5.74) is 1.71. The lowest BCUT2D eigenvalue weighted by molar-refractivity contribution is 0.246. The van der Waals surface area contributed by atoms with E-state index in [0.29, 0.717) is 6.07 Å². The van der Waals surface area contributed by atoms with Crippen LogP contribution in [0, 0.1) is 11.6 Å². The van der Waals surface area contributed by atoms with E-state index in [-0.39, 0.29) is 25.0 Å². The summed E-state index contributed by atoms with van der Waals surface area (Å²) < 4.78 is 38.3. The smallest absolute Gasteiger partial charge is 0.254 e. The molecule has 3 nitrogen and oxygen atoms in total. The zero-order chi connectivity index (χ0) is 16.8. The Morgan fingerprint density at radius 3 is 1.50 bits per heavy atom. The molecule has 1 aromatic heterocycles. The van der Waals surface area contributed by atoms with Crippen LogP contribution in [0.2, 0.25) is 0 Å². The lowest BCUT2D eigenvalue weighted by Gasteiger charge is -2.10. The van der Waals surface area contributed by atoms with Crippen molar-refractivity contribution in [3.8, 4) is 11.8 Å². The second-order valence-corrected chi connectivity index (χ2v) is 5.11. The first-order chi connectivity index (χ1) is 11.7. The Labute approximate surface area is 138 Å². The Bertz CT molecular complexity index is 730. The van der Waals surface area contributed by atoms with E-state index in [2.05, 4.69) is 4.98 Å². The first-order valence-electron chi connectivity index (χ1n) is 7.42. The number of aromatic nitrogens is 1. The van der Waals surface area contributed by atoms with Crippen LogP contribution >= 0.6 is 0 Å². The predicted octanol–water partition coefficient (Wildman–Crippen LogP) is 4.52. The number of halogens is 2. The highest BCUT2D eigenvalue weighted by atomic mass is 19.1. The topological polar surface area (TPSA) is 31.4 Å². The van der Waals surface area contributed by atoms with Gasteiger partial charge in [0.1, 0.15) is 13.2 Å². The van der Waals surface area contributed by atoms with E-state index >= 15 is 0 Å². The summed E-state index contributed by atoms with van der Waals surface area (Å²) in [6.45, 7) is 0.267. The Hall–Kier alpha value is -2.95. The highest BCUT2D eigenvalue weighted by molar-refractivity contribution is 5.25. The van der Waals surface area contributed by atoms with Crippen LogP contribution < -0.4 is 9.47 Å². The monoisotopic (exact) mass is 327 g/mol. The van der Waals surface area contributed by atoms with Gasteiger partial charge in [0.2, 0.25) is 0 Å². The quantitative estimate of drug-likeness (QED) is 0.667. The zero-order valence-electron chi connectivity index (χ0n) is 12.8. The zero-order valence-corrected chi connectivity index (χ0v) is 12.8. The summed E-state index contributed by atoms with van der Waals surface area (Å²) in [6.07, 6.45) is 0. The van der Waals surface area contributed by atoms with Gasteiger partial charge >= 0.3 is 0 Å². The number of benzene rings is 2. The number of ether oxygens (including phenoxy) is 2. The number of pyridine rings is 1. The van der Waals surface area contributed by atoms with Crippen molar-refractivity contribution in [2.75, 3.05) is 0 Å². The average molecular weight is 327 g/mol. The highest BCUT2D eigenvalue weighted by Gasteiger charge is 2.14. The molecular weight excluding hydrogens is 312 g/mol. The Morgan fingerprint density at radius 1 is 0.667 bits per heavy atom. The van der Waals surface area contributed by atoms with Crippen molar-refractivity contribution >= 4 is 0 Å². The Morgan fingerprint density at radius 2 is 1.08 bits per heavy atom. The normalized spacial score (nSPS) is 10.4. The molecule has 0 aliphatic rings. The molecule has 0 N–H and O–H groups in total. The van der Waals surface area contributed by atoms with Crippen molar-refractivity contribution in [1.82, 2.24) is 4.98 Å². The van der Waals surface area contributed by atoms with Gasteiger partial charge in [0.15, 0.2) is 11.6 Å². The second kappa shape index (κ2) is 7.55. The SMILES string of the molecule is Fc1cc(F)c(OCc2ccccc2)nc1OCc1ccccc1. The average Bonchev–Trinajstić information content (AvgIpc) is 2.62. The van der Waals surface area contributed by atoms with Gasteiger partial charge in [-0.25, -0.2) is 8.78 Å². The van der Waals surface area contributed by atoms with Crippen LogP contribution in [0.1, 0.15) is 11.1 Å². The van der Waals surface area contributed by atoms with Gasteiger partial charge in [-0.3, -0.25) is 0 Å². The molecule has 0 radical (unpaired) electrons. The second-order valence-electron chi connectivity index (χ2n) is 5.11. The predicted molar refractivity (Wildman–Crippen MR) is 85.7 cm³/mol. The Kier molecular flexibility index (Phi) is 5.01. The van der Waals surface area contributed by atoms with Gasteiger partial charge in [0.25, 0.3) is 11.8 Å².